The number of phosphoric ester groups is 2. The van der Waals surface area contributed by atoms with E-state index in [1.807, 2.05) is 0 Å². The van der Waals surface area contributed by atoms with E-state index in [0.717, 1.165) is 96.3 Å². The van der Waals surface area contributed by atoms with Gasteiger partial charge in [0.25, 0.3) is 0 Å². The van der Waals surface area contributed by atoms with Crippen LogP contribution in [-0.4, -0.2) is 96.7 Å². The van der Waals surface area contributed by atoms with E-state index in [-0.39, 0.29) is 25.7 Å². The fourth-order valence-electron chi connectivity index (χ4n) is 10.5. The summed E-state index contributed by atoms with van der Waals surface area (Å²) >= 11 is 0. The zero-order valence-electron chi connectivity index (χ0n) is 56.7. The second-order valence-electron chi connectivity index (χ2n) is 24.9. The molecule has 0 bridgehead atoms. The molecule has 0 radical (unpaired) electrons. The monoisotopic (exact) mass is 1300 g/mol. The molecule has 0 saturated carbocycles. The SMILES string of the molecule is CCCCCCCCCCCCCCCCCCCC(=O)O[C@H](COC(=O)CCCCCCCCCCCCCCCCCC)COP(=O)(O)OC[C@@H](O)COP(=O)(O)OC[C@@H](COC(=O)CCCCCCC)OC(=O)CCCCCCCCCCCC. The fourth-order valence-corrected chi connectivity index (χ4v) is 12.1. The first-order valence-corrected chi connectivity index (χ1v) is 39.3. The Kier molecular flexibility index (Phi) is 62.4. The average Bonchev–Trinajstić information content (AvgIpc) is 3.72. The Balaban J connectivity index is 5.14. The van der Waals surface area contributed by atoms with Crippen molar-refractivity contribution in [2.75, 3.05) is 39.6 Å². The molecule has 88 heavy (non-hydrogen) atoms. The lowest BCUT2D eigenvalue weighted by atomic mass is 10.0. The summed E-state index contributed by atoms with van der Waals surface area (Å²) in [5.74, 6) is -2.13. The normalized spacial score (nSPS) is 14.0. The van der Waals surface area contributed by atoms with E-state index in [2.05, 4.69) is 27.7 Å². The quantitative estimate of drug-likeness (QED) is 0.0222. The second kappa shape index (κ2) is 63.8. The first-order chi connectivity index (χ1) is 42.7. The summed E-state index contributed by atoms with van der Waals surface area (Å²) < 4.78 is 68.0. The number of hydrogen-bond acceptors (Lipinski definition) is 15. The van der Waals surface area contributed by atoms with Crippen molar-refractivity contribution >= 4 is 39.5 Å². The summed E-state index contributed by atoms with van der Waals surface area (Å²) in [7, 11) is -9.88. The van der Waals surface area contributed by atoms with Crippen molar-refractivity contribution < 1.29 is 80.2 Å². The van der Waals surface area contributed by atoms with Gasteiger partial charge in [0.15, 0.2) is 12.2 Å². The molecule has 0 aliphatic heterocycles. The Bertz CT molecular complexity index is 1690. The molecule has 0 aliphatic carbocycles. The molecule has 2 unspecified atom stereocenters. The number of hydrogen-bond donors (Lipinski definition) is 3. The summed E-state index contributed by atoms with van der Waals surface area (Å²) in [4.78, 5) is 72.2. The lowest BCUT2D eigenvalue weighted by Gasteiger charge is -2.21. The van der Waals surface area contributed by atoms with Gasteiger partial charge in [-0.05, 0) is 25.7 Å². The molecule has 3 N–H and O–H groups in total. The molecular weight excluding hydrogens is 1160 g/mol. The van der Waals surface area contributed by atoms with Crippen molar-refractivity contribution in [1.29, 1.82) is 0 Å². The molecular formula is C69H134O17P2. The van der Waals surface area contributed by atoms with Crippen LogP contribution in [0.5, 0.6) is 0 Å². The number of esters is 4. The van der Waals surface area contributed by atoms with Crippen molar-refractivity contribution in [3.05, 3.63) is 0 Å². The maximum atomic E-state index is 13.0. The number of unbranched alkanes of at least 4 members (excludes halogenated alkanes) is 44. The van der Waals surface area contributed by atoms with E-state index in [0.29, 0.717) is 25.7 Å². The first kappa shape index (κ1) is 86.1. The van der Waals surface area contributed by atoms with Gasteiger partial charge in [-0.25, -0.2) is 9.13 Å². The molecule has 0 aromatic rings. The standard InChI is InChI=1S/C69H134O17P2/c1-5-9-13-17-20-23-26-28-30-32-34-36-38-41-44-48-52-56-69(74)86-65(60-80-67(72)54-50-46-42-40-37-35-33-31-29-27-24-21-18-14-10-6-2)62-84-88(77,78)82-58-63(70)57-81-87(75,76)83-61-64(59-79-66(71)53-49-45-16-12-8-4)85-68(73)55-51-47-43-39-25-22-19-15-11-7-3/h63-65,70H,5-62H2,1-4H3,(H,75,76)(H,77,78)/t63-,64+,65+/m0/s1. The number of rotatable bonds is 70. The van der Waals surface area contributed by atoms with Crippen LogP contribution >= 0.6 is 15.6 Å². The van der Waals surface area contributed by atoms with Crippen LogP contribution in [0.3, 0.4) is 0 Å². The third kappa shape index (κ3) is 62.8. The van der Waals surface area contributed by atoms with Crippen LogP contribution in [-0.2, 0) is 65.4 Å². The minimum Gasteiger partial charge on any atom is -0.462 e. The van der Waals surface area contributed by atoms with E-state index >= 15 is 0 Å². The highest BCUT2D eigenvalue weighted by Gasteiger charge is 2.30. The largest absolute Gasteiger partial charge is 0.472 e. The molecule has 0 amide bonds. The number of aliphatic hydroxyl groups is 1. The van der Waals surface area contributed by atoms with Gasteiger partial charge in [-0.3, -0.25) is 37.3 Å². The molecule has 0 aromatic carbocycles. The highest BCUT2D eigenvalue weighted by atomic mass is 31.2. The summed E-state index contributed by atoms with van der Waals surface area (Å²) in [6.45, 7) is 4.85. The third-order valence-electron chi connectivity index (χ3n) is 16.1. The summed E-state index contributed by atoms with van der Waals surface area (Å²) in [6, 6.07) is 0. The van der Waals surface area contributed by atoms with Gasteiger partial charge in [-0.15, -0.1) is 0 Å². The molecule has 0 saturated heterocycles. The summed E-state index contributed by atoms with van der Waals surface area (Å²) in [5, 5.41) is 10.5. The van der Waals surface area contributed by atoms with Crippen LogP contribution in [0.25, 0.3) is 0 Å². The molecule has 5 atom stereocenters. The van der Waals surface area contributed by atoms with Crippen LogP contribution in [0.15, 0.2) is 0 Å². The number of carbonyl (C=O) groups excluding carboxylic acids is 4. The molecule has 522 valence electrons. The van der Waals surface area contributed by atoms with Crippen LogP contribution in [0.1, 0.15) is 362 Å². The highest BCUT2D eigenvalue weighted by molar-refractivity contribution is 7.47. The average molecular weight is 1300 g/mol. The second-order valence-corrected chi connectivity index (χ2v) is 27.8. The molecule has 0 spiro atoms. The van der Waals surface area contributed by atoms with E-state index in [1.165, 1.54) is 186 Å². The Morgan fingerprint density at radius 3 is 0.670 bits per heavy atom. The van der Waals surface area contributed by atoms with Gasteiger partial charge in [0.1, 0.15) is 19.3 Å². The molecule has 17 nitrogen and oxygen atoms in total. The summed E-state index contributed by atoms with van der Waals surface area (Å²) in [6.07, 6.45) is 51.7. The van der Waals surface area contributed by atoms with Crippen LogP contribution in [0, 0.1) is 0 Å². The zero-order valence-corrected chi connectivity index (χ0v) is 58.5. The lowest BCUT2D eigenvalue weighted by molar-refractivity contribution is -0.161. The lowest BCUT2D eigenvalue weighted by Crippen LogP contribution is -2.30. The fraction of sp³-hybridized carbons (Fsp3) is 0.942. The summed E-state index contributed by atoms with van der Waals surface area (Å²) in [5.41, 5.74) is 0. The molecule has 0 rings (SSSR count). The molecule has 19 heteroatoms. The van der Waals surface area contributed by atoms with Crippen molar-refractivity contribution in [3.8, 4) is 0 Å². The first-order valence-electron chi connectivity index (χ1n) is 36.3. The van der Waals surface area contributed by atoms with Crippen LogP contribution in [0.4, 0.5) is 0 Å². The van der Waals surface area contributed by atoms with Gasteiger partial charge >= 0.3 is 39.5 Å². The number of phosphoric acid groups is 2. The van der Waals surface area contributed by atoms with Crippen LogP contribution < -0.4 is 0 Å². The van der Waals surface area contributed by atoms with Gasteiger partial charge in [-0.1, -0.05) is 310 Å². The molecule has 0 aliphatic rings. The van der Waals surface area contributed by atoms with E-state index < -0.39 is 97.5 Å². The van der Waals surface area contributed by atoms with Crippen molar-refractivity contribution in [1.82, 2.24) is 0 Å². The minimum atomic E-state index is -4.95. The Morgan fingerprint density at radius 2 is 0.455 bits per heavy atom. The number of aliphatic hydroxyl groups excluding tert-OH is 1. The van der Waals surface area contributed by atoms with Gasteiger partial charge < -0.3 is 33.8 Å². The third-order valence-corrected chi connectivity index (χ3v) is 18.0. The maximum Gasteiger partial charge on any atom is 0.472 e. The Hall–Kier alpha value is -1.94. The molecule has 0 aromatic heterocycles. The topological polar surface area (TPSA) is 237 Å². The van der Waals surface area contributed by atoms with Crippen molar-refractivity contribution in [3.63, 3.8) is 0 Å². The number of ether oxygens (including phenoxy) is 4. The Labute approximate surface area is 537 Å². The van der Waals surface area contributed by atoms with E-state index in [1.54, 1.807) is 0 Å². The van der Waals surface area contributed by atoms with Gasteiger partial charge in [-0.2, -0.15) is 0 Å². The molecule has 0 heterocycles. The smallest absolute Gasteiger partial charge is 0.462 e. The number of carbonyl (C=O) groups is 4. The zero-order chi connectivity index (χ0) is 64.7. The van der Waals surface area contributed by atoms with E-state index in [4.69, 9.17) is 37.0 Å². The van der Waals surface area contributed by atoms with Crippen LogP contribution in [0.2, 0.25) is 0 Å². The minimum absolute atomic E-state index is 0.106. The maximum absolute atomic E-state index is 13.0. The van der Waals surface area contributed by atoms with Gasteiger partial charge in [0.2, 0.25) is 0 Å². The van der Waals surface area contributed by atoms with Crippen molar-refractivity contribution in [2.24, 2.45) is 0 Å². The Morgan fingerprint density at radius 1 is 0.273 bits per heavy atom. The predicted octanol–water partition coefficient (Wildman–Crippen LogP) is 19.9. The van der Waals surface area contributed by atoms with Gasteiger partial charge in [0, 0.05) is 25.7 Å². The highest BCUT2D eigenvalue weighted by Crippen LogP contribution is 2.45. The van der Waals surface area contributed by atoms with Gasteiger partial charge in [0.05, 0.1) is 26.4 Å². The van der Waals surface area contributed by atoms with Crippen molar-refractivity contribution in [2.45, 2.75) is 380 Å². The predicted molar refractivity (Wildman–Crippen MR) is 354 cm³/mol. The van der Waals surface area contributed by atoms with E-state index in [9.17, 15) is 43.2 Å². The molecule has 0 fully saturated rings.